The monoisotopic (exact) mass is 412 g/mol. The van der Waals surface area contributed by atoms with Crippen LogP contribution >= 0.6 is 34.8 Å². The lowest BCUT2D eigenvalue weighted by Gasteiger charge is -2.12. The summed E-state index contributed by atoms with van der Waals surface area (Å²) in [6.07, 6.45) is 2.50. The molecule has 0 saturated carbocycles. The Labute approximate surface area is 165 Å². The van der Waals surface area contributed by atoms with Crippen molar-refractivity contribution >= 4 is 52.3 Å². The molecule has 1 amide bonds. The average Bonchev–Trinajstić information content (AvgIpc) is 2.99. The van der Waals surface area contributed by atoms with Gasteiger partial charge in [-0.1, -0.05) is 48.1 Å². The van der Waals surface area contributed by atoms with E-state index < -0.39 is 11.8 Å². The van der Waals surface area contributed by atoms with Crippen LogP contribution < -0.4 is 5.32 Å². The molecule has 1 heterocycles. The number of carbonyl (C=O) groups is 2. The van der Waals surface area contributed by atoms with Gasteiger partial charge in [0, 0.05) is 0 Å². The number of halogens is 3. The van der Waals surface area contributed by atoms with Gasteiger partial charge in [-0.2, -0.15) is 5.26 Å². The summed E-state index contributed by atoms with van der Waals surface area (Å²) in [5.41, 5.74) is 0.522. The van der Waals surface area contributed by atoms with E-state index in [1.807, 2.05) is 13.0 Å². The van der Waals surface area contributed by atoms with Crippen LogP contribution in [0.15, 0.2) is 18.3 Å². The van der Waals surface area contributed by atoms with Crippen molar-refractivity contribution in [3.63, 3.8) is 0 Å². The molecule has 0 aliphatic heterocycles. The number of hydrogen-bond acceptors (Lipinski definition) is 4. The first-order valence-corrected chi connectivity index (χ1v) is 8.88. The van der Waals surface area contributed by atoms with Crippen LogP contribution in [0, 0.1) is 17.2 Å². The molecule has 0 aliphatic carbocycles. The van der Waals surface area contributed by atoms with Gasteiger partial charge in [0.25, 0.3) is 0 Å². The molecule has 6 nitrogen and oxygen atoms in total. The lowest BCUT2D eigenvalue weighted by molar-refractivity contribution is -0.130. The molecule has 0 aliphatic rings. The van der Waals surface area contributed by atoms with Gasteiger partial charge in [-0.3, -0.25) is 9.59 Å². The van der Waals surface area contributed by atoms with Crippen molar-refractivity contribution in [2.45, 2.75) is 26.7 Å². The lowest BCUT2D eigenvalue weighted by atomic mass is 9.98. The van der Waals surface area contributed by atoms with E-state index in [4.69, 9.17) is 34.8 Å². The number of ketones is 1. The number of nitrogens with zero attached hydrogens (tertiary/aromatic N) is 3. The summed E-state index contributed by atoms with van der Waals surface area (Å²) in [6, 6.07) is 5.09. The van der Waals surface area contributed by atoms with Gasteiger partial charge in [-0.25, -0.2) is 4.68 Å². The third kappa shape index (κ3) is 4.18. The van der Waals surface area contributed by atoms with Crippen LogP contribution in [0.2, 0.25) is 15.1 Å². The van der Waals surface area contributed by atoms with E-state index in [9.17, 15) is 14.9 Å². The molecule has 0 fully saturated rings. The van der Waals surface area contributed by atoms with Crippen LogP contribution in [0.25, 0.3) is 5.69 Å². The molecule has 1 N–H and O–H groups in total. The first-order valence-electron chi connectivity index (χ1n) is 7.75. The van der Waals surface area contributed by atoms with Crippen molar-refractivity contribution in [2.24, 2.45) is 5.92 Å². The third-order valence-electron chi connectivity index (χ3n) is 3.72. The zero-order valence-electron chi connectivity index (χ0n) is 14.0. The standard InChI is InChI=1S/C17H15Cl3N4O2/c1-3-4-11(9(2)25)17(26)22-16-10(7-21)8-24(23-16)13-6-5-12(18)14(19)15(13)20/h5-6,8,11H,3-4H2,1-2H3,(H,22,23,26). The molecule has 1 aromatic carbocycles. The Hall–Kier alpha value is -2.07. The number of rotatable bonds is 6. The number of nitriles is 1. The van der Waals surface area contributed by atoms with Crippen molar-refractivity contribution in [1.82, 2.24) is 9.78 Å². The molecule has 0 spiro atoms. The van der Waals surface area contributed by atoms with Gasteiger partial charge in [0.15, 0.2) is 5.82 Å². The molecule has 9 heteroatoms. The van der Waals surface area contributed by atoms with E-state index >= 15 is 0 Å². The Morgan fingerprint density at radius 1 is 1.31 bits per heavy atom. The summed E-state index contributed by atoms with van der Waals surface area (Å²) in [7, 11) is 0. The number of amides is 1. The van der Waals surface area contributed by atoms with Crippen LogP contribution in [-0.2, 0) is 9.59 Å². The first kappa shape index (κ1) is 20.2. The number of anilines is 1. The number of aromatic nitrogens is 2. The largest absolute Gasteiger partial charge is 0.307 e. The predicted molar refractivity (Wildman–Crippen MR) is 101 cm³/mol. The maximum absolute atomic E-state index is 12.4. The average molecular weight is 414 g/mol. The minimum Gasteiger partial charge on any atom is -0.307 e. The molecule has 1 atom stereocenters. The van der Waals surface area contributed by atoms with E-state index in [1.54, 1.807) is 12.1 Å². The minimum atomic E-state index is -0.787. The number of nitrogens with one attached hydrogen (secondary N) is 1. The maximum atomic E-state index is 12.4. The molecule has 2 aromatic rings. The van der Waals surface area contributed by atoms with E-state index in [2.05, 4.69) is 10.4 Å². The van der Waals surface area contributed by atoms with Gasteiger partial charge < -0.3 is 5.32 Å². The van der Waals surface area contributed by atoms with E-state index in [0.29, 0.717) is 18.5 Å². The molecule has 136 valence electrons. The fraction of sp³-hybridized carbons (Fsp3) is 0.294. The van der Waals surface area contributed by atoms with E-state index in [1.165, 1.54) is 17.8 Å². The highest BCUT2D eigenvalue weighted by Gasteiger charge is 2.24. The van der Waals surface area contributed by atoms with E-state index in [-0.39, 0.29) is 32.2 Å². The number of carbonyl (C=O) groups excluding carboxylic acids is 2. The molecule has 0 radical (unpaired) electrons. The summed E-state index contributed by atoms with van der Waals surface area (Å²) in [5, 5.41) is 16.6. The zero-order valence-corrected chi connectivity index (χ0v) is 16.3. The highest BCUT2D eigenvalue weighted by molar-refractivity contribution is 6.48. The fourth-order valence-electron chi connectivity index (χ4n) is 2.38. The molecule has 2 rings (SSSR count). The number of hydrogen-bond donors (Lipinski definition) is 1. The Balaban J connectivity index is 2.38. The number of Topliss-reactive ketones (excluding diaryl/α,β-unsaturated/α-hetero) is 1. The molecular formula is C17H15Cl3N4O2. The van der Waals surface area contributed by atoms with Crippen molar-refractivity contribution in [3.05, 3.63) is 39.0 Å². The summed E-state index contributed by atoms with van der Waals surface area (Å²) in [6.45, 7) is 3.24. The molecule has 26 heavy (non-hydrogen) atoms. The maximum Gasteiger partial charge on any atom is 0.236 e. The van der Waals surface area contributed by atoms with Crippen LogP contribution in [-0.4, -0.2) is 21.5 Å². The normalized spacial score (nSPS) is 11.7. The second kappa shape index (κ2) is 8.54. The summed E-state index contributed by atoms with van der Waals surface area (Å²) >= 11 is 18.1. The van der Waals surface area contributed by atoms with Crippen molar-refractivity contribution < 1.29 is 9.59 Å². The second-order valence-electron chi connectivity index (χ2n) is 5.58. The summed E-state index contributed by atoms with van der Waals surface area (Å²) < 4.78 is 1.32. The van der Waals surface area contributed by atoms with E-state index in [0.717, 1.165) is 0 Å². The van der Waals surface area contributed by atoms with Crippen molar-refractivity contribution in [2.75, 3.05) is 5.32 Å². The van der Waals surface area contributed by atoms with Gasteiger partial charge >= 0.3 is 0 Å². The SMILES string of the molecule is CCCC(C(C)=O)C(=O)Nc1nn(-c2ccc(Cl)c(Cl)c2Cl)cc1C#N. The van der Waals surface area contributed by atoms with Gasteiger partial charge in [-0.15, -0.1) is 5.10 Å². The predicted octanol–water partition coefficient (Wildman–Crippen LogP) is 4.65. The van der Waals surface area contributed by atoms with Gasteiger partial charge in [-0.05, 0) is 25.5 Å². The molecule has 1 aromatic heterocycles. The highest BCUT2D eigenvalue weighted by Crippen LogP contribution is 2.35. The van der Waals surface area contributed by atoms with Gasteiger partial charge in [0.1, 0.15) is 17.4 Å². The lowest BCUT2D eigenvalue weighted by Crippen LogP contribution is -2.28. The first-order chi connectivity index (χ1) is 12.3. The topological polar surface area (TPSA) is 87.8 Å². The van der Waals surface area contributed by atoms with Crippen LogP contribution in [0.3, 0.4) is 0 Å². The number of benzene rings is 1. The Bertz CT molecular complexity index is 902. The third-order valence-corrected chi connectivity index (χ3v) is 5.01. The van der Waals surface area contributed by atoms with Crippen molar-refractivity contribution in [1.29, 1.82) is 5.26 Å². The summed E-state index contributed by atoms with van der Waals surface area (Å²) in [5.74, 6) is -1.48. The quantitative estimate of drug-likeness (QED) is 0.551. The fourth-order valence-corrected chi connectivity index (χ4v) is 2.99. The zero-order chi connectivity index (χ0) is 19.4. The second-order valence-corrected chi connectivity index (χ2v) is 6.75. The van der Waals surface area contributed by atoms with Crippen LogP contribution in [0.4, 0.5) is 5.82 Å². The molecular weight excluding hydrogens is 399 g/mol. The Kier molecular flexibility index (Phi) is 6.65. The van der Waals surface area contributed by atoms with Crippen LogP contribution in [0.5, 0.6) is 0 Å². The van der Waals surface area contributed by atoms with Gasteiger partial charge in [0.05, 0.1) is 32.9 Å². The Morgan fingerprint density at radius 2 is 2.00 bits per heavy atom. The van der Waals surface area contributed by atoms with Crippen molar-refractivity contribution in [3.8, 4) is 11.8 Å². The molecule has 1 unspecified atom stereocenters. The molecule has 0 saturated heterocycles. The van der Waals surface area contributed by atoms with Gasteiger partial charge in [0.2, 0.25) is 5.91 Å². The van der Waals surface area contributed by atoms with Crippen LogP contribution in [0.1, 0.15) is 32.3 Å². The minimum absolute atomic E-state index is 0.0435. The Morgan fingerprint density at radius 3 is 2.58 bits per heavy atom. The highest BCUT2D eigenvalue weighted by atomic mass is 35.5. The smallest absolute Gasteiger partial charge is 0.236 e. The molecule has 0 bridgehead atoms. The summed E-state index contributed by atoms with van der Waals surface area (Å²) in [4.78, 5) is 24.0.